The number of halogens is 1. The lowest BCUT2D eigenvalue weighted by molar-refractivity contribution is -0.139. The number of aliphatic carboxylic acids is 1. The highest BCUT2D eigenvalue weighted by atomic mass is 35.5. The summed E-state index contributed by atoms with van der Waals surface area (Å²) in [5, 5.41) is 16.1. The monoisotopic (exact) mass is 350 g/mol. The van der Waals surface area contributed by atoms with Crippen molar-refractivity contribution in [3.8, 4) is 5.82 Å². The molecule has 0 bridgehead atoms. The third-order valence-corrected chi connectivity index (χ3v) is 3.76. The zero-order chi connectivity index (χ0) is 17.9. The van der Waals surface area contributed by atoms with Gasteiger partial charge in [0.1, 0.15) is 11.7 Å². The Morgan fingerprint density at radius 3 is 2.62 bits per heavy atom. The van der Waals surface area contributed by atoms with Gasteiger partial charge in [-0.25, -0.2) is 14.5 Å². The maximum absolute atomic E-state index is 12.4. The second-order valence-corrected chi connectivity index (χ2v) is 5.90. The van der Waals surface area contributed by atoms with Crippen LogP contribution in [0.25, 0.3) is 5.82 Å². The van der Waals surface area contributed by atoms with Gasteiger partial charge in [-0.3, -0.25) is 4.79 Å². The van der Waals surface area contributed by atoms with Gasteiger partial charge >= 0.3 is 5.97 Å². The molecule has 0 fully saturated rings. The van der Waals surface area contributed by atoms with Crippen molar-refractivity contribution in [2.24, 2.45) is 0 Å². The molecule has 2 aromatic rings. The van der Waals surface area contributed by atoms with E-state index in [0.29, 0.717) is 18.7 Å². The van der Waals surface area contributed by atoms with E-state index in [2.05, 4.69) is 15.4 Å². The summed E-state index contributed by atoms with van der Waals surface area (Å²) < 4.78 is 1.60. The van der Waals surface area contributed by atoms with Crippen LogP contribution >= 0.6 is 11.6 Å². The van der Waals surface area contributed by atoms with Crippen molar-refractivity contribution in [1.82, 2.24) is 20.1 Å². The zero-order valence-corrected chi connectivity index (χ0v) is 14.5. The van der Waals surface area contributed by atoms with E-state index < -0.39 is 17.9 Å². The Hall–Kier alpha value is -2.41. The second-order valence-electron chi connectivity index (χ2n) is 5.49. The number of hydrogen-bond acceptors (Lipinski definition) is 4. The topological polar surface area (TPSA) is 97.1 Å². The van der Waals surface area contributed by atoms with Crippen LogP contribution in [-0.2, 0) is 4.79 Å². The van der Waals surface area contributed by atoms with Crippen LogP contribution in [0, 0.1) is 13.8 Å². The maximum Gasteiger partial charge on any atom is 0.326 e. The van der Waals surface area contributed by atoms with Crippen LogP contribution in [0.1, 0.15) is 41.6 Å². The molecule has 0 radical (unpaired) electrons. The number of nitrogens with one attached hydrogen (secondary N) is 1. The summed E-state index contributed by atoms with van der Waals surface area (Å²) in [5.41, 5.74) is 1.66. The number of hydrogen-bond donors (Lipinski definition) is 2. The standard InChI is InChI=1S/C16H19ClN4O3/c1-4-5-12(16(23)24)18-15(22)14-11(17)6-7-13(19-14)21-10(3)8-9(2)20-21/h6-8,12H,4-5H2,1-3H3,(H,18,22)(H,23,24). The first-order valence-corrected chi connectivity index (χ1v) is 7.95. The van der Waals surface area contributed by atoms with Gasteiger partial charge in [0.15, 0.2) is 5.82 Å². The Balaban J connectivity index is 2.33. The smallest absolute Gasteiger partial charge is 0.326 e. The summed E-state index contributed by atoms with van der Waals surface area (Å²) in [5.74, 6) is -1.27. The van der Waals surface area contributed by atoms with Gasteiger partial charge in [0.05, 0.1) is 10.7 Å². The fourth-order valence-corrected chi connectivity index (χ4v) is 2.53. The molecule has 0 spiro atoms. The van der Waals surface area contributed by atoms with Crippen LogP contribution in [0.5, 0.6) is 0 Å². The van der Waals surface area contributed by atoms with Crippen LogP contribution < -0.4 is 5.32 Å². The summed E-state index contributed by atoms with van der Waals surface area (Å²) >= 11 is 6.06. The van der Waals surface area contributed by atoms with Gasteiger partial charge in [0.25, 0.3) is 5.91 Å². The predicted octanol–water partition coefficient (Wildman–Crippen LogP) is 2.52. The number of amides is 1. The summed E-state index contributed by atoms with van der Waals surface area (Å²) in [6, 6.07) is 4.11. The Morgan fingerprint density at radius 1 is 1.38 bits per heavy atom. The van der Waals surface area contributed by atoms with E-state index in [-0.39, 0.29) is 10.7 Å². The molecule has 24 heavy (non-hydrogen) atoms. The molecule has 2 rings (SSSR count). The first-order valence-electron chi connectivity index (χ1n) is 7.57. The van der Waals surface area contributed by atoms with Gasteiger partial charge in [-0.15, -0.1) is 0 Å². The number of aryl methyl sites for hydroxylation is 2. The predicted molar refractivity (Wildman–Crippen MR) is 89.6 cm³/mol. The van der Waals surface area contributed by atoms with Gasteiger partial charge in [-0.2, -0.15) is 5.10 Å². The van der Waals surface area contributed by atoms with Crippen LogP contribution in [-0.4, -0.2) is 37.8 Å². The molecule has 7 nitrogen and oxygen atoms in total. The van der Waals surface area contributed by atoms with E-state index in [4.69, 9.17) is 16.7 Å². The highest BCUT2D eigenvalue weighted by Gasteiger charge is 2.22. The summed E-state index contributed by atoms with van der Waals surface area (Å²) in [7, 11) is 0. The number of carbonyl (C=O) groups is 2. The molecule has 0 aliphatic carbocycles. The van der Waals surface area contributed by atoms with Crippen molar-refractivity contribution in [3.63, 3.8) is 0 Å². The third kappa shape index (κ3) is 3.91. The van der Waals surface area contributed by atoms with Gasteiger partial charge in [-0.05, 0) is 38.5 Å². The van der Waals surface area contributed by atoms with Crippen molar-refractivity contribution in [2.75, 3.05) is 0 Å². The van der Waals surface area contributed by atoms with E-state index in [1.54, 1.807) is 16.8 Å². The number of carboxylic acids is 1. The van der Waals surface area contributed by atoms with Crippen molar-refractivity contribution in [2.45, 2.75) is 39.7 Å². The lowest BCUT2D eigenvalue weighted by Gasteiger charge is -2.14. The summed E-state index contributed by atoms with van der Waals surface area (Å²) in [6.45, 7) is 5.57. The molecular weight excluding hydrogens is 332 g/mol. The van der Waals surface area contributed by atoms with E-state index in [0.717, 1.165) is 11.4 Å². The average molecular weight is 351 g/mol. The molecule has 0 aromatic carbocycles. The Morgan fingerprint density at radius 2 is 2.08 bits per heavy atom. The number of carbonyl (C=O) groups excluding carboxylic acids is 1. The Bertz CT molecular complexity index is 773. The molecule has 128 valence electrons. The average Bonchev–Trinajstić information content (AvgIpc) is 2.85. The van der Waals surface area contributed by atoms with Gasteiger partial charge in [-0.1, -0.05) is 24.9 Å². The van der Waals surface area contributed by atoms with Crippen molar-refractivity contribution in [1.29, 1.82) is 0 Å². The van der Waals surface area contributed by atoms with Crippen molar-refractivity contribution < 1.29 is 14.7 Å². The highest BCUT2D eigenvalue weighted by Crippen LogP contribution is 2.18. The lowest BCUT2D eigenvalue weighted by Crippen LogP contribution is -2.41. The van der Waals surface area contributed by atoms with E-state index in [1.165, 1.54) is 0 Å². The number of nitrogens with zero attached hydrogens (tertiary/aromatic N) is 3. The molecular formula is C16H19ClN4O3. The Labute approximate surface area is 144 Å². The van der Waals surface area contributed by atoms with Crippen LogP contribution in [0.4, 0.5) is 0 Å². The first kappa shape index (κ1) is 17.9. The van der Waals surface area contributed by atoms with Gasteiger partial charge in [0, 0.05) is 5.69 Å². The van der Waals surface area contributed by atoms with Crippen LogP contribution in [0.15, 0.2) is 18.2 Å². The first-order chi connectivity index (χ1) is 11.3. The minimum Gasteiger partial charge on any atom is -0.480 e. The highest BCUT2D eigenvalue weighted by molar-refractivity contribution is 6.33. The number of carboxylic acid groups (broad SMARTS) is 1. The molecule has 0 saturated carbocycles. The number of pyridine rings is 1. The largest absolute Gasteiger partial charge is 0.480 e. The van der Waals surface area contributed by atoms with E-state index in [9.17, 15) is 9.59 Å². The molecule has 2 heterocycles. The van der Waals surface area contributed by atoms with Crippen LogP contribution in [0.2, 0.25) is 5.02 Å². The fourth-order valence-electron chi connectivity index (χ4n) is 2.34. The molecule has 2 N–H and O–H groups in total. The quantitative estimate of drug-likeness (QED) is 0.834. The third-order valence-electron chi connectivity index (χ3n) is 3.45. The fraction of sp³-hybridized carbons (Fsp3) is 0.375. The minimum atomic E-state index is -1.09. The van der Waals surface area contributed by atoms with Crippen molar-refractivity contribution in [3.05, 3.63) is 40.3 Å². The number of aromatic nitrogens is 3. The minimum absolute atomic E-state index is 0.0240. The summed E-state index contributed by atoms with van der Waals surface area (Å²) in [4.78, 5) is 27.8. The van der Waals surface area contributed by atoms with E-state index >= 15 is 0 Å². The molecule has 1 unspecified atom stereocenters. The zero-order valence-electron chi connectivity index (χ0n) is 13.7. The lowest BCUT2D eigenvalue weighted by atomic mass is 10.1. The van der Waals surface area contributed by atoms with Gasteiger partial charge in [0.2, 0.25) is 0 Å². The molecule has 1 amide bonds. The van der Waals surface area contributed by atoms with Gasteiger partial charge < -0.3 is 10.4 Å². The second kappa shape index (κ2) is 7.44. The van der Waals surface area contributed by atoms with E-state index in [1.807, 2.05) is 26.8 Å². The molecule has 8 heteroatoms. The molecule has 0 aliphatic rings. The molecule has 0 aliphatic heterocycles. The number of rotatable bonds is 6. The molecule has 0 saturated heterocycles. The summed E-state index contributed by atoms with van der Waals surface area (Å²) in [6.07, 6.45) is 0.958. The normalized spacial score (nSPS) is 12.0. The molecule has 1 atom stereocenters. The SMILES string of the molecule is CCCC(NC(=O)c1nc(-n2nc(C)cc2C)ccc1Cl)C(=O)O. The maximum atomic E-state index is 12.4. The van der Waals surface area contributed by atoms with Crippen LogP contribution in [0.3, 0.4) is 0 Å². The van der Waals surface area contributed by atoms with Crippen molar-refractivity contribution >= 4 is 23.5 Å². The Kier molecular flexibility index (Phi) is 5.56. The molecule has 2 aromatic heterocycles.